The number of nitrogens with zero attached hydrogens (tertiary/aromatic N) is 1. The highest BCUT2D eigenvalue weighted by Crippen LogP contribution is 2.41. The third kappa shape index (κ3) is 2.82. The van der Waals surface area contributed by atoms with Gasteiger partial charge in [0.1, 0.15) is 6.07 Å². The van der Waals surface area contributed by atoms with Crippen LogP contribution < -0.4 is 5.32 Å². The molecule has 2 nitrogen and oxygen atoms in total. The summed E-state index contributed by atoms with van der Waals surface area (Å²) >= 11 is 3.63. The van der Waals surface area contributed by atoms with Crippen molar-refractivity contribution in [1.29, 1.82) is 5.26 Å². The maximum absolute atomic E-state index is 9.27. The Hall–Kier alpha value is -1.79. The number of aryl methyl sites for hydroxylation is 1. The lowest BCUT2D eigenvalue weighted by Crippen LogP contribution is -2.34. The molecule has 0 spiro atoms. The molecular formula is C18H17BrN2. The van der Waals surface area contributed by atoms with Crippen LogP contribution >= 0.6 is 15.9 Å². The van der Waals surface area contributed by atoms with Crippen LogP contribution in [0.15, 0.2) is 46.9 Å². The summed E-state index contributed by atoms with van der Waals surface area (Å²) in [5, 5.41) is 12.8. The molecule has 0 radical (unpaired) electrons. The molecule has 3 rings (SSSR count). The molecule has 0 heterocycles. The second-order valence-corrected chi connectivity index (χ2v) is 6.49. The van der Waals surface area contributed by atoms with Gasteiger partial charge in [-0.1, -0.05) is 46.3 Å². The molecule has 1 N–H and O–H groups in total. The molecule has 0 saturated heterocycles. The topological polar surface area (TPSA) is 35.8 Å². The highest BCUT2D eigenvalue weighted by atomic mass is 79.9. The van der Waals surface area contributed by atoms with E-state index in [0.717, 1.165) is 29.7 Å². The van der Waals surface area contributed by atoms with Crippen molar-refractivity contribution in [1.82, 2.24) is 0 Å². The zero-order chi connectivity index (χ0) is 14.8. The number of hydrogen-bond acceptors (Lipinski definition) is 2. The third-order valence-electron chi connectivity index (χ3n) is 4.23. The quantitative estimate of drug-likeness (QED) is 0.854. The number of anilines is 1. The van der Waals surface area contributed by atoms with Gasteiger partial charge in [-0.25, -0.2) is 0 Å². The van der Waals surface area contributed by atoms with Gasteiger partial charge in [-0.15, -0.1) is 0 Å². The van der Waals surface area contributed by atoms with Crippen LogP contribution in [0.1, 0.15) is 35.4 Å². The van der Waals surface area contributed by atoms with Crippen molar-refractivity contribution in [3.8, 4) is 6.07 Å². The molecule has 0 aliphatic heterocycles. The van der Waals surface area contributed by atoms with Crippen LogP contribution in [0.4, 0.5) is 5.69 Å². The van der Waals surface area contributed by atoms with Gasteiger partial charge >= 0.3 is 0 Å². The lowest BCUT2D eigenvalue weighted by molar-refractivity contribution is 0.373. The van der Waals surface area contributed by atoms with Crippen molar-refractivity contribution in [2.75, 3.05) is 5.32 Å². The molecule has 0 atom stereocenters. The molecule has 2 aromatic rings. The largest absolute Gasteiger partial charge is 0.381 e. The van der Waals surface area contributed by atoms with E-state index in [1.807, 2.05) is 31.2 Å². The second-order valence-electron chi connectivity index (χ2n) is 5.64. The first-order valence-electron chi connectivity index (χ1n) is 7.19. The van der Waals surface area contributed by atoms with E-state index in [9.17, 15) is 5.26 Å². The summed E-state index contributed by atoms with van der Waals surface area (Å²) in [6.45, 7) is 1.98. The van der Waals surface area contributed by atoms with E-state index in [2.05, 4.69) is 45.5 Å². The van der Waals surface area contributed by atoms with Crippen molar-refractivity contribution in [2.45, 2.75) is 31.7 Å². The fourth-order valence-electron chi connectivity index (χ4n) is 2.95. The number of rotatable bonds is 3. The molecule has 0 amide bonds. The molecule has 1 saturated carbocycles. The Bertz CT molecular complexity index is 697. The molecule has 0 aromatic heterocycles. The van der Waals surface area contributed by atoms with Crippen LogP contribution in [0, 0.1) is 18.3 Å². The molecular weight excluding hydrogens is 324 g/mol. The van der Waals surface area contributed by atoms with Gasteiger partial charge in [0.05, 0.1) is 11.3 Å². The monoisotopic (exact) mass is 340 g/mol. The average Bonchev–Trinajstić information content (AvgIpc) is 2.44. The molecule has 3 heteroatoms. The van der Waals surface area contributed by atoms with E-state index in [0.29, 0.717) is 12.0 Å². The Labute approximate surface area is 133 Å². The molecule has 106 valence electrons. The van der Waals surface area contributed by atoms with Crippen molar-refractivity contribution < 1.29 is 0 Å². The standard InChI is InChI=1S/C18H17BrN2/c1-12-5-4-8-18(16(12)11-20)21-14-9-13(10-14)15-6-2-3-7-17(15)19/h2-8,13-14,21H,9-10H2,1H3. The van der Waals surface area contributed by atoms with Crippen LogP contribution in [0.25, 0.3) is 0 Å². The molecule has 1 fully saturated rings. The normalized spacial score (nSPS) is 20.4. The summed E-state index contributed by atoms with van der Waals surface area (Å²) in [5.41, 5.74) is 4.15. The van der Waals surface area contributed by atoms with Crippen LogP contribution in [-0.4, -0.2) is 6.04 Å². The van der Waals surface area contributed by atoms with E-state index >= 15 is 0 Å². The Balaban J connectivity index is 1.67. The summed E-state index contributed by atoms with van der Waals surface area (Å²) < 4.78 is 1.20. The number of nitrogens with one attached hydrogen (secondary N) is 1. The predicted molar refractivity (Wildman–Crippen MR) is 89.4 cm³/mol. The van der Waals surface area contributed by atoms with Crippen molar-refractivity contribution in [3.05, 3.63) is 63.6 Å². The molecule has 0 unspecified atom stereocenters. The van der Waals surface area contributed by atoms with E-state index in [4.69, 9.17) is 0 Å². The zero-order valence-electron chi connectivity index (χ0n) is 11.9. The molecule has 21 heavy (non-hydrogen) atoms. The van der Waals surface area contributed by atoms with Crippen LogP contribution in [-0.2, 0) is 0 Å². The fourth-order valence-corrected chi connectivity index (χ4v) is 3.56. The van der Waals surface area contributed by atoms with Crippen molar-refractivity contribution in [3.63, 3.8) is 0 Å². The second kappa shape index (κ2) is 5.91. The lowest BCUT2D eigenvalue weighted by Gasteiger charge is -2.37. The Morgan fingerprint density at radius 2 is 1.90 bits per heavy atom. The van der Waals surface area contributed by atoms with Gasteiger partial charge in [-0.3, -0.25) is 0 Å². The molecule has 0 bridgehead atoms. The minimum absolute atomic E-state index is 0.455. The van der Waals surface area contributed by atoms with Crippen molar-refractivity contribution >= 4 is 21.6 Å². The van der Waals surface area contributed by atoms with E-state index in [1.54, 1.807) is 0 Å². The first kappa shape index (κ1) is 14.2. The predicted octanol–water partition coefficient (Wildman–Crippen LogP) is 4.99. The van der Waals surface area contributed by atoms with Gasteiger partial charge in [0.2, 0.25) is 0 Å². The first-order valence-corrected chi connectivity index (χ1v) is 7.99. The Kier molecular flexibility index (Phi) is 3.98. The molecule has 1 aliphatic rings. The Morgan fingerprint density at radius 3 is 2.62 bits per heavy atom. The minimum atomic E-state index is 0.455. The Morgan fingerprint density at radius 1 is 1.14 bits per heavy atom. The maximum atomic E-state index is 9.27. The number of benzene rings is 2. The average molecular weight is 341 g/mol. The summed E-state index contributed by atoms with van der Waals surface area (Å²) in [4.78, 5) is 0. The minimum Gasteiger partial charge on any atom is -0.381 e. The van der Waals surface area contributed by atoms with Crippen LogP contribution in [0.5, 0.6) is 0 Å². The van der Waals surface area contributed by atoms with Crippen LogP contribution in [0.3, 0.4) is 0 Å². The molecule has 2 aromatic carbocycles. The van der Waals surface area contributed by atoms with Gasteiger partial charge in [-0.2, -0.15) is 5.26 Å². The zero-order valence-corrected chi connectivity index (χ0v) is 13.5. The SMILES string of the molecule is Cc1cccc(NC2CC(c3ccccc3Br)C2)c1C#N. The number of nitriles is 1. The van der Waals surface area contributed by atoms with Gasteiger partial charge in [0, 0.05) is 10.5 Å². The highest BCUT2D eigenvalue weighted by molar-refractivity contribution is 9.10. The smallest absolute Gasteiger partial charge is 0.102 e. The summed E-state index contributed by atoms with van der Waals surface area (Å²) in [7, 11) is 0. The third-order valence-corrected chi connectivity index (χ3v) is 4.95. The lowest BCUT2D eigenvalue weighted by atomic mass is 9.75. The highest BCUT2D eigenvalue weighted by Gasteiger charge is 2.31. The fraction of sp³-hybridized carbons (Fsp3) is 0.278. The van der Waals surface area contributed by atoms with Crippen LogP contribution in [0.2, 0.25) is 0 Å². The van der Waals surface area contributed by atoms with Gasteiger partial charge in [0.15, 0.2) is 0 Å². The number of hydrogen-bond donors (Lipinski definition) is 1. The summed E-state index contributed by atoms with van der Waals surface area (Å²) in [6.07, 6.45) is 2.23. The first-order chi connectivity index (χ1) is 10.2. The van der Waals surface area contributed by atoms with E-state index < -0.39 is 0 Å². The molecule has 1 aliphatic carbocycles. The summed E-state index contributed by atoms with van der Waals surface area (Å²) in [5.74, 6) is 0.605. The van der Waals surface area contributed by atoms with Crippen molar-refractivity contribution in [2.24, 2.45) is 0 Å². The van der Waals surface area contributed by atoms with Gasteiger partial charge in [-0.05, 0) is 48.9 Å². The van der Waals surface area contributed by atoms with E-state index in [1.165, 1.54) is 10.0 Å². The van der Waals surface area contributed by atoms with Gasteiger partial charge in [0.25, 0.3) is 0 Å². The summed E-state index contributed by atoms with van der Waals surface area (Å²) in [6, 6.07) is 17.2. The van der Waals surface area contributed by atoms with Gasteiger partial charge < -0.3 is 5.32 Å². The number of halogens is 1. The maximum Gasteiger partial charge on any atom is 0.102 e. The van der Waals surface area contributed by atoms with E-state index in [-0.39, 0.29) is 0 Å².